The van der Waals surface area contributed by atoms with Crippen LogP contribution < -0.4 is 5.56 Å². The number of hydrogen-bond acceptors (Lipinski definition) is 5. The number of ketones is 1. The zero-order chi connectivity index (χ0) is 25.4. The molecule has 2 heterocycles. The summed E-state index contributed by atoms with van der Waals surface area (Å²) in [5.74, 6) is 0.775. The molecule has 4 nitrogen and oxygen atoms in total. The summed E-state index contributed by atoms with van der Waals surface area (Å²) in [7, 11) is 0. The van der Waals surface area contributed by atoms with Crippen molar-refractivity contribution in [2.45, 2.75) is 51.7 Å². The number of benzene rings is 2. The van der Waals surface area contributed by atoms with Gasteiger partial charge in [-0.3, -0.25) is 14.2 Å². The fourth-order valence-electron chi connectivity index (χ4n) is 4.84. The monoisotopic (exact) mass is 536 g/mol. The molecule has 2 aromatic heterocycles. The Morgan fingerprint density at radius 3 is 2.56 bits per heavy atom. The van der Waals surface area contributed by atoms with Gasteiger partial charge < -0.3 is 0 Å². The minimum atomic E-state index is -0.0178. The zero-order valence-corrected chi connectivity index (χ0v) is 23.1. The number of rotatable bonds is 6. The quantitative estimate of drug-likeness (QED) is 0.147. The average molecular weight is 537 g/mol. The van der Waals surface area contributed by atoms with E-state index in [0.717, 1.165) is 35.0 Å². The number of thiophene rings is 1. The van der Waals surface area contributed by atoms with Crippen LogP contribution in [0.25, 0.3) is 10.2 Å². The van der Waals surface area contributed by atoms with Crippen molar-refractivity contribution in [3.05, 3.63) is 91.5 Å². The van der Waals surface area contributed by atoms with E-state index in [9.17, 15) is 9.59 Å². The smallest absolute Gasteiger partial charge is 0.263 e. The third-order valence-electron chi connectivity index (χ3n) is 7.04. The maximum absolute atomic E-state index is 13.9. The van der Waals surface area contributed by atoms with E-state index in [0.29, 0.717) is 28.2 Å². The molecule has 0 amide bonds. The molecule has 0 N–H and O–H groups in total. The third kappa shape index (κ3) is 5.17. The van der Waals surface area contributed by atoms with Gasteiger partial charge in [0.15, 0.2) is 10.9 Å². The molecule has 4 aromatic rings. The Hall–Kier alpha value is -2.41. The highest BCUT2D eigenvalue weighted by Gasteiger charge is 2.32. The lowest BCUT2D eigenvalue weighted by atomic mass is 9.72. The van der Waals surface area contributed by atoms with E-state index in [2.05, 4.69) is 20.8 Å². The molecule has 7 heteroatoms. The molecule has 5 rings (SSSR count). The van der Waals surface area contributed by atoms with Crippen molar-refractivity contribution in [1.82, 2.24) is 9.55 Å². The molecule has 0 bridgehead atoms. The second kappa shape index (κ2) is 10.2. The van der Waals surface area contributed by atoms with Crippen LogP contribution in [-0.2, 0) is 19.4 Å². The summed E-state index contributed by atoms with van der Waals surface area (Å²) in [5.41, 5.74) is 3.05. The molecule has 0 radical (unpaired) electrons. The highest BCUT2D eigenvalue weighted by molar-refractivity contribution is 7.99. The van der Waals surface area contributed by atoms with Crippen molar-refractivity contribution in [1.29, 1.82) is 0 Å². The van der Waals surface area contributed by atoms with E-state index in [1.165, 1.54) is 22.2 Å². The van der Waals surface area contributed by atoms with Crippen LogP contribution in [0.15, 0.2) is 64.5 Å². The first-order chi connectivity index (χ1) is 17.2. The fourth-order valence-corrected chi connectivity index (χ4v) is 7.20. The molecule has 2 aromatic carbocycles. The number of fused-ring (bicyclic) bond motifs is 3. The van der Waals surface area contributed by atoms with Gasteiger partial charge in [0, 0.05) is 15.5 Å². The zero-order valence-electron chi connectivity index (χ0n) is 20.7. The van der Waals surface area contributed by atoms with Crippen molar-refractivity contribution < 1.29 is 4.79 Å². The summed E-state index contributed by atoms with van der Waals surface area (Å²) in [5, 5.41) is 1.95. The highest BCUT2D eigenvalue weighted by Crippen LogP contribution is 2.42. The molecular weight excluding hydrogens is 508 g/mol. The second-order valence-electron chi connectivity index (χ2n) is 10.5. The number of nitrogens with zero attached hydrogens (tertiary/aromatic N) is 2. The van der Waals surface area contributed by atoms with Crippen molar-refractivity contribution in [2.75, 3.05) is 5.75 Å². The SMILES string of the molecule is CC(C)(C)[C@@H]1CCc2c(sc3nc(SCC(=O)c4ccc(Cl)cc4)n(Cc4ccccc4)c(=O)c23)C1. The van der Waals surface area contributed by atoms with Crippen molar-refractivity contribution >= 4 is 50.7 Å². The molecule has 0 saturated carbocycles. The van der Waals surface area contributed by atoms with Gasteiger partial charge in [-0.05, 0) is 66.0 Å². The minimum Gasteiger partial charge on any atom is -0.293 e. The van der Waals surface area contributed by atoms with Gasteiger partial charge in [0.2, 0.25) is 0 Å². The van der Waals surface area contributed by atoms with Crippen LogP contribution in [0.2, 0.25) is 5.02 Å². The Morgan fingerprint density at radius 2 is 1.86 bits per heavy atom. The Bertz CT molecular complexity index is 1470. The van der Waals surface area contributed by atoms with Crippen LogP contribution in [0.4, 0.5) is 0 Å². The van der Waals surface area contributed by atoms with E-state index in [1.807, 2.05) is 30.3 Å². The number of aromatic nitrogens is 2. The predicted molar refractivity (Wildman–Crippen MR) is 151 cm³/mol. The van der Waals surface area contributed by atoms with Crippen LogP contribution in [0.3, 0.4) is 0 Å². The lowest BCUT2D eigenvalue weighted by molar-refractivity contribution is 0.102. The molecule has 1 aliphatic carbocycles. The van der Waals surface area contributed by atoms with E-state index < -0.39 is 0 Å². The lowest BCUT2D eigenvalue weighted by Gasteiger charge is -2.33. The summed E-state index contributed by atoms with van der Waals surface area (Å²) in [6.07, 6.45) is 3.00. The summed E-state index contributed by atoms with van der Waals surface area (Å²) in [6, 6.07) is 16.9. The van der Waals surface area contributed by atoms with Gasteiger partial charge in [-0.2, -0.15) is 0 Å². The van der Waals surface area contributed by atoms with Crippen LogP contribution in [0.1, 0.15) is 53.6 Å². The molecule has 0 unspecified atom stereocenters. The Morgan fingerprint density at radius 1 is 1.14 bits per heavy atom. The molecule has 186 valence electrons. The Kier molecular flexibility index (Phi) is 7.12. The second-order valence-corrected chi connectivity index (χ2v) is 12.9. The predicted octanol–water partition coefficient (Wildman–Crippen LogP) is 7.29. The minimum absolute atomic E-state index is 0.00277. The first kappa shape index (κ1) is 25.2. The molecule has 1 aliphatic rings. The van der Waals surface area contributed by atoms with Gasteiger partial charge in [0.05, 0.1) is 17.7 Å². The van der Waals surface area contributed by atoms with Crippen LogP contribution >= 0.6 is 34.7 Å². The molecular formula is C29H29ClN2O2S2. The summed E-state index contributed by atoms with van der Waals surface area (Å²) >= 11 is 8.96. The van der Waals surface area contributed by atoms with Crippen LogP contribution in [0, 0.1) is 11.3 Å². The van der Waals surface area contributed by atoms with Crippen molar-refractivity contribution in [3.63, 3.8) is 0 Å². The molecule has 0 aliphatic heterocycles. The molecule has 0 saturated heterocycles. The number of aryl methyl sites for hydroxylation is 1. The van der Waals surface area contributed by atoms with Crippen molar-refractivity contribution in [2.24, 2.45) is 11.3 Å². The maximum Gasteiger partial charge on any atom is 0.263 e. The largest absolute Gasteiger partial charge is 0.293 e. The molecule has 0 spiro atoms. The van der Waals surface area contributed by atoms with E-state index >= 15 is 0 Å². The van der Waals surface area contributed by atoms with Crippen LogP contribution in [-0.4, -0.2) is 21.1 Å². The summed E-state index contributed by atoms with van der Waals surface area (Å²) in [4.78, 5) is 33.9. The molecule has 0 fully saturated rings. The standard InChI is InChI=1S/C29H29ClN2O2S2/c1-29(2,3)20-11-14-22-24(15-20)36-26-25(22)27(34)32(16-18-7-5-4-6-8-18)28(31-26)35-17-23(33)19-9-12-21(30)13-10-19/h4-10,12-13,20H,11,14-17H2,1-3H3/t20-/m1/s1. The van der Waals surface area contributed by atoms with Crippen molar-refractivity contribution in [3.8, 4) is 0 Å². The molecule has 36 heavy (non-hydrogen) atoms. The number of carbonyl (C=O) groups excluding carboxylic acids is 1. The third-order valence-corrected chi connectivity index (χ3v) is 9.42. The van der Waals surface area contributed by atoms with E-state index in [-0.39, 0.29) is 22.5 Å². The van der Waals surface area contributed by atoms with Gasteiger partial charge >= 0.3 is 0 Å². The summed E-state index contributed by atoms with van der Waals surface area (Å²) < 4.78 is 1.75. The van der Waals surface area contributed by atoms with Gasteiger partial charge in [-0.15, -0.1) is 11.3 Å². The highest BCUT2D eigenvalue weighted by atomic mass is 35.5. The lowest BCUT2D eigenvalue weighted by Crippen LogP contribution is -2.27. The number of carbonyl (C=O) groups is 1. The average Bonchev–Trinajstić information content (AvgIpc) is 3.23. The number of Topliss-reactive ketones (excluding diaryl/α,β-unsaturated/α-hetero) is 1. The van der Waals surface area contributed by atoms with Gasteiger partial charge in [-0.1, -0.05) is 74.5 Å². The van der Waals surface area contributed by atoms with E-state index in [1.54, 1.807) is 40.2 Å². The Labute approximate surface area is 224 Å². The Balaban J connectivity index is 1.53. The summed E-state index contributed by atoms with van der Waals surface area (Å²) in [6.45, 7) is 7.32. The fraction of sp³-hybridized carbons (Fsp3) is 0.345. The van der Waals surface area contributed by atoms with E-state index in [4.69, 9.17) is 16.6 Å². The normalized spacial score (nSPS) is 15.7. The number of hydrogen-bond donors (Lipinski definition) is 0. The van der Waals surface area contributed by atoms with Gasteiger partial charge in [0.25, 0.3) is 5.56 Å². The van der Waals surface area contributed by atoms with Gasteiger partial charge in [0.1, 0.15) is 4.83 Å². The topological polar surface area (TPSA) is 52.0 Å². The first-order valence-corrected chi connectivity index (χ1v) is 14.4. The first-order valence-electron chi connectivity index (χ1n) is 12.2. The van der Waals surface area contributed by atoms with Crippen LogP contribution in [0.5, 0.6) is 0 Å². The number of thioether (sulfide) groups is 1. The number of halogens is 1. The van der Waals surface area contributed by atoms with Gasteiger partial charge in [-0.25, -0.2) is 4.98 Å². The molecule has 1 atom stereocenters. The maximum atomic E-state index is 13.9.